The number of aliphatic hydroxyl groups excluding tert-OH is 2. The molecule has 0 bridgehead atoms. The molecule has 1 unspecified atom stereocenters. The zero-order valence-corrected chi connectivity index (χ0v) is 37.2. The molecule has 0 heterocycles. The number of ether oxygens (including phenoxy) is 2. The van der Waals surface area contributed by atoms with Gasteiger partial charge in [0.1, 0.15) is 19.8 Å². The van der Waals surface area contributed by atoms with E-state index in [0.29, 0.717) is 36.7 Å². The van der Waals surface area contributed by atoms with E-state index in [1.54, 1.807) is 0 Å². The van der Waals surface area contributed by atoms with Crippen LogP contribution in [0.3, 0.4) is 0 Å². The Morgan fingerprint density at radius 2 is 1.09 bits per heavy atom. The number of carbonyl (C=O) groups excluding carboxylic acids is 2. The summed E-state index contributed by atoms with van der Waals surface area (Å²) in [6, 6.07) is 0. The molecule has 0 aliphatic heterocycles. The smallest absolute Gasteiger partial charge is 0.462 e. The van der Waals surface area contributed by atoms with Crippen molar-refractivity contribution in [3.8, 4) is 0 Å². The number of quaternary nitrogens is 1. The van der Waals surface area contributed by atoms with Gasteiger partial charge in [-0.1, -0.05) is 128 Å². The summed E-state index contributed by atoms with van der Waals surface area (Å²) in [7, 11) is 1.39. The molecule has 0 aromatic carbocycles. The van der Waals surface area contributed by atoms with Crippen molar-refractivity contribution in [2.24, 2.45) is 0 Å². The van der Waals surface area contributed by atoms with E-state index in [1.165, 1.54) is 51.4 Å². The molecule has 11 nitrogen and oxygen atoms in total. The fraction of sp³-hybridized carbons (Fsp3) is 0.864. The van der Waals surface area contributed by atoms with Crippen LogP contribution in [0.5, 0.6) is 0 Å². The largest absolute Gasteiger partial charge is 0.472 e. The highest BCUT2D eigenvalue weighted by atomic mass is 31.2. The maximum atomic E-state index is 12.7. The van der Waals surface area contributed by atoms with Crippen LogP contribution in [0.1, 0.15) is 181 Å². The summed E-state index contributed by atoms with van der Waals surface area (Å²) in [5.74, 6) is -0.918. The molecule has 4 atom stereocenters. The lowest BCUT2D eigenvalue weighted by atomic mass is 10.0. The van der Waals surface area contributed by atoms with E-state index in [0.717, 1.165) is 77.0 Å². The van der Waals surface area contributed by atoms with Crippen LogP contribution in [0.15, 0.2) is 24.3 Å². The molecule has 0 fully saturated rings. The van der Waals surface area contributed by atoms with Crippen molar-refractivity contribution in [1.82, 2.24) is 0 Å². The molecule has 0 aliphatic rings. The first kappa shape index (κ1) is 54.4. The first-order valence-electron chi connectivity index (χ1n) is 22.2. The number of likely N-dealkylation sites (N-methyl/N-ethyl adjacent to an activating group) is 1. The van der Waals surface area contributed by atoms with Gasteiger partial charge in [0.05, 0.1) is 40.0 Å². The molecule has 0 aliphatic carbocycles. The van der Waals surface area contributed by atoms with E-state index < -0.39 is 44.7 Å². The number of hydrogen-bond donors (Lipinski definition) is 3. The quantitative estimate of drug-likeness (QED) is 0.0179. The fourth-order valence-corrected chi connectivity index (χ4v) is 6.71. The molecule has 3 N–H and O–H groups in total. The van der Waals surface area contributed by atoms with Crippen molar-refractivity contribution < 1.29 is 52.3 Å². The van der Waals surface area contributed by atoms with Gasteiger partial charge in [0.2, 0.25) is 0 Å². The predicted molar refractivity (Wildman–Crippen MR) is 227 cm³/mol. The molecule has 0 radical (unpaired) electrons. The van der Waals surface area contributed by atoms with Crippen LogP contribution >= 0.6 is 7.82 Å². The Balaban J connectivity index is 4.48. The van der Waals surface area contributed by atoms with Crippen molar-refractivity contribution in [3.05, 3.63) is 24.3 Å². The summed E-state index contributed by atoms with van der Waals surface area (Å²) in [5.41, 5.74) is 0. The number of hydrogen-bond acceptors (Lipinski definition) is 9. The Morgan fingerprint density at radius 1 is 0.607 bits per heavy atom. The van der Waals surface area contributed by atoms with Gasteiger partial charge in [-0.3, -0.25) is 18.6 Å². The average molecular weight is 819 g/mol. The predicted octanol–water partition coefficient (Wildman–Crippen LogP) is 10.3. The second-order valence-electron chi connectivity index (χ2n) is 16.4. The van der Waals surface area contributed by atoms with E-state index in [2.05, 4.69) is 32.1 Å². The van der Waals surface area contributed by atoms with E-state index in [9.17, 15) is 29.3 Å². The normalized spacial score (nSPS) is 14.9. The maximum absolute atomic E-state index is 12.7. The number of phosphoric acid groups is 1. The third kappa shape index (κ3) is 38.0. The van der Waals surface area contributed by atoms with Crippen LogP contribution in [0.25, 0.3) is 0 Å². The van der Waals surface area contributed by atoms with Crippen molar-refractivity contribution in [2.45, 2.75) is 199 Å². The number of nitrogens with zero attached hydrogens (tertiary/aromatic N) is 1. The molecule has 330 valence electrons. The third-order valence-electron chi connectivity index (χ3n) is 9.65. The molecule has 56 heavy (non-hydrogen) atoms. The van der Waals surface area contributed by atoms with Crippen LogP contribution in [0.2, 0.25) is 0 Å². The zero-order valence-electron chi connectivity index (χ0n) is 36.3. The lowest BCUT2D eigenvalue weighted by molar-refractivity contribution is -0.870. The Morgan fingerprint density at radius 3 is 1.68 bits per heavy atom. The van der Waals surface area contributed by atoms with Gasteiger partial charge in [0, 0.05) is 12.8 Å². The SMILES string of the molecule is CCCCC/C=C\C[C@@H](O)[C@H](O)CCCCCCCC(=O)OC[C@H](COP(=O)(O)OCC[N+](C)(C)C)OC(=O)CCCCCCC/C=C\CCCCCCCC. The number of rotatable bonds is 40. The minimum atomic E-state index is -4.41. The monoisotopic (exact) mass is 819 g/mol. The maximum Gasteiger partial charge on any atom is 0.472 e. The number of phosphoric ester groups is 1. The molecule has 0 amide bonds. The summed E-state index contributed by atoms with van der Waals surface area (Å²) in [4.78, 5) is 35.4. The molecular weight excluding hydrogens is 733 g/mol. The third-order valence-corrected chi connectivity index (χ3v) is 10.6. The van der Waals surface area contributed by atoms with Crippen LogP contribution in [0.4, 0.5) is 0 Å². The van der Waals surface area contributed by atoms with Crippen LogP contribution in [0, 0.1) is 0 Å². The molecule has 0 aromatic rings. The summed E-state index contributed by atoms with van der Waals surface area (Å²) in [6.45, 7) is 4.17. The molecule has 12 heteroatoms. The molecule has 0 saturated carbocycles. The van der Waals surface area contributed by atoms with Crippen LogP contribution in [-0.2, 0) is 32.7 Å². The highest BCUT2D eigenvalue weighted by Crippen LogP contribution is 2.43. The standard InChI is InChI=1S/C44H84NO10P/c1-6-8-10-12-14-15-16-17-18-19-20-21-22-26-31-35-44(49)55-40(39-54-56(50,51)53-37-36-45(3,4)5)38-52-43(48)34-30-27-23-25-29-33-42(47)41(46)32-28-24-13-11-9-7-2/h17-18,24,28,40-42,46-47H,6-16,19-23,25-27,29-39H2,1-5H3/p+1/b18-17-,28-24-/t40-,41-,42-/m1/s1. The summed E-state index contributed by atoms with van der Waals surface area (Å²) in [6.07, 6.45) is 31.0. The topological polar surface area (TPSA) is 149 Å². The van der Waals surface area contributed by atoms with Gasteiger partial charge in [0.15, 0.2) is 6.10 Å². The number of esters is 2. The minimum absolute atomic E-state index is 0.00554. The summed E-state index contributed by atoms with van der Waals surface area (Å²) >= 11 is 0. The molecule has 0 rings (SSSR count). The first-order chi connectivity index (χ1) is 26.8. The first-order valence-corrected chi connectivity index (χ1v) is 23.7. The van der Waals surface area contributed by atoms with Crippen LogP contribution < -0.4 is 0 Å². The van der Waals surface area contributed by atoms with Gasteiger partial charge in [-0.2, -0.15) is 0 Å². The second kappa shape index (κ2) is 36.5. The lowest BCUT2D eigenvalue weighted by Gasteiger charge is -2.24. The number of allylic oxidation sites excluding steroid dienone is 3. The van der Waals surface area contributed by atoms with E-state index >= 15 is 0 Å². The van der Waals surface area contributed by atoms with Crippen molar-refractivity contribution in [3.63, 3.8) is 0 Å². The second-order valence-corrected chi connectivity index (χ2v) is 17.8. The zero-order chi connectivity index (χ0) is 41.8. The summed E-state index contributed by atoms with van der Waals surface area (Å²) < 4.78 is 34.2. The van der Waals surface area contributed by atoms with Crippen molar-refractivity contribution >= 4 is 19.8 Å². The minimum Gasteiger partial charge on any atom is -0.462 e. The van der Waals surface area contributed by atoms with E-state index in [1.807, 2.05) is 27.2 Å². The van der Waals surface area contributed by atoms with Crippen molar-refractivity contribution in [1.29, 1.82) is 0 Å². The van der Waals surface area contributed by atoms with Gasteiger partial charge in [0.25, 0.3) is 0 Å². The van der Waals surface area contributed by atoms with Gasteiger partial charge < -0.3 is 29.1 Å². The highest BCUT2D eigenvalue weighted by molar-refractivity contribution is 7.47. The van der Waals surface area contributed by atoms with Gasteiger partial charge >= 0.3 is 19.8 Å². The summed E-state index contributed by atoms with van der Waals surface area (Å²) in [5, 5.41) is 20.4. The fourth-order valence-electron chi connectivity index (χ4n) is 5.97. The number of carbonyl (C=O) groups is 2. The molecule has 0 spiro atoms. The van der Waals surface area contributed by atoms with Crippen molar-refractivity contribution in [2.75, 3.05) is 47.5 Å². The Hall–Kier alpha value is -1.59. The molecular formula is C44H85NO10P+. The lowest BCUT2D eigenvalue weighted by Crippen LogP contribution is -2.37. The van der Waals surface area contributed by atoms with E-state index in [-0.39, 0.29) is 26.1 Å². The van der Waals surface area contributed by atoms with Gasteiger partial charge in [-0.05, 0) is 64.2 Å². The number of aliphatic hydroxyl groups is 2. The molecule has 0 saturated heterocycles. The Kier molecular flexibility index (Phi) is 35.5. The molecule has 0 aromatic heterocycles. The Bertz CT molecular complexity index is 1050. The Labute approximate surface area is 342 Å². The highest BCUT2D eigenvalue weighted by Gasteiger charge is 2.27. The van der Waals surface area contributed by atoms with Crippen LogP contribution in [-0.4, -0.2) is 97.3 Å². The number of unbranched alkanes of at least 4 members (excludes halogenated alkanes) is 18. The van der Waals surface area contributed by atoms with Gasteiger partial charge in [-0.15, -0.1) is 0 Å². The van der Waals surface area contributed by atoms with E-state index in [4.69, 9.17) is 18.5 Å². The average Bonchev–Trinajstić information content (AvgIpc) is 3.14. The van der Waals surface area contributed by atoms with Gasteiger partial charge in [-0.25, -0.2) is 4.57 Å².